The van der Waals surface area contributed by atoms with Gasteiger partial charge in [0.05, 0.1) is 23.7 Å². The van der Waals surface area contributed by atoms with Crippen molar-refractivity contribution in [3.63, 3.8) is 0 Å². The zero-order valence-corrected chi connectivity index (χ0v) is 12.3. The van der Waals surface area contributed by atoms with Gasteiger partial charge in [0.2, 0.25) is 0 Å². The van der Waals surface area contributed by atoms with Gasteiger partial charge in [0.15, 0.2) is 9.84 Å². The number of sulfone groups is 1. The summed E-state index contributed by atoms with van der Waals surface area (Å²) in [5.74, 6) is -0.631. The Hall–Kier alpha value is -1.02. The fourth-order valence-electron chi connectivity index (χ4n) is 2.47. The lowest BCUT2D eigenvalue weighted by molar-refractivity contribution is -0.0559. The van der Waals surface area contributed by atoms with Crippen molar-refractivity contribution in [3.05, 3.63) is 35.6 Å². The summed E-state index contributed by atoms with van der Waals surface area (Å²) in [7, 11) is 0.333. The number of aliphatic hydroxyl groups excluding tert-OH is 1. The molecule has 1 fully saturated rings. The minimum absolute atomic E-state index is 0.0817. The number of hydrogen-bond donors (Lipinski definition) is 1. The third kappa shape index (κ3) is 3.54. The van der Waals surface area contributed by atoms with Crippen LogP contribution in [0.3, 0.4) is 0 Å². The molecule has 0 aliphatic carbocycles. The molecule has 0 saturated carbocycles. The molecule has 0 unspecified atom stereocenters. The number of hydrazine groups is 1. The lowest BCUT2D eigenvalue weighted by Crippen LogP contribution is -2.49. The Morgan fingerprint density at radius 2 is 2.05 bits per heavy atom. The predicted octanol–water partition coefficient (Wildman–Crippen LogP) is 0.262. The Bertz CT molecular complexity index is 577. The highest BCUT2D eigenvalue weighted by atomic mass is 32.2. The third-order valence-corrected chi connectivity index (χ3v) is 5.12. The van der Waals surface area contributed by atoms with Crippen molar-refractivity contribution < 1.29 is 17.9 Å². The van der Waals surface area contributed by atoms with Crippen LogP contribution in [-0.2, 0) is 16.4 Å². The van der Waals surface area contributed by atoms with Crippen LogP contribution in [0.5, 0.6) is 0 Å². The lowest BCUT2D eigenvalue weighted by Gasteiger charge is -2.35. The Labute approximate surface area is 118 Å². The molecule has 1 aromatic carbocycles. The van der Waals surface area contributed by atoms with E-state index in [1.165, 1.54) is 12.1 Å². The zero-order valence-electron chi connectivity index (χ0n) is 11.5. The first-order chi connectivity index (χ1) is 9.28. The molecule has 0 amide bonds. The monoisotopic (exact) mass is 302 g/mol. The molecule has 1 N–H and O–H groups in total. The standard InChI is InChI=1S/C13H19FN2O3S/c1-15(2)16(7-10-4-3-5-11(14)6-10)12-8-20(18,19)9-13(12)17/h3-6,12-13,17H,7-9H2,1-2H3/t12-,13-/m1/s1. The summed E-state index contributed by atoms with van der Waals surface area (Å²) in [5, 5.41) is 13.4. The molecule has 1 heterocycles. The average molecular weight is 302 g/mol. The van der Waals surface area contributed by atoms with Crippen molar-refractivity contribution in [2.24, 2.45) is 0 Å². The first-order valence-corrected chi connectivity index (χ1v) is 8.17. The maximum absolute atomic E-state index is 13.2. The first-order valence-electron chi connectivity index (χ1n) is 6.35. The second-order valence-electron chi connectivity index (χ2n) is 5.29. The smallest absolute Gasteiger partial charge is 0.154 e. The summed E-state index contributed by atoms with van der Waals surface area (Å²) in [6.45, 7) is 0.349. The van der Waals surface area contributed by atoms with Crippen LogP contribution >= 0.6 is 0 Å². The van der Waals surface area contributed by atoms with Gasteiger partial charge in [0.25, 0.3) is 0 Å². The highest BCUT2D eigenvalue weighted by Crippen LogP contribution is 2.21. The molecular formula is C13H19FN2O3S. The number of halogens is 1. The van der Waals surface area contributed by atoms with Gasteiger partial charge in [-0.25, -0.2) is 22.8 Å². The summed E-state index contributed by atoms with van der Waals surface area (Å²) in [6.07, 6.45) is -0.920. The zero-order chi connectivity index (χ0) is 14.9. The summed E-state index contributed by atoms with van der Waals surface area (Å²) < 4.78 is 36.5. The fraction of sp³-hybridized carbons (Fsp3) is 0.538. The van der Waals surface area contributed by atoms with Gasteiger partial charge in [-0.2, -0.15) is 0 Å². The highest BCUT2D eigenvalue weighted by Gasteiger charge is 2.40. The molecular weight excluding hydrogens is 283 g/mol. The van der Waals surface area contributed by atoms with E-state index in [4.69, 9.17) is 0 Å². The van der Waals surface area contributed by atoms with Gasteiger partial charge in [-0.3, -0.25) is 0 Å². The Balaban J connectivity index is 2.20. The number of hydrogen-bond acceptors (Lipinski definition) is 5. The average Bonchev–Trinajstić information content (AvgIpc) is 2.59. The molecule has 1 aromatic rings. The van der Waals surface area contributed by atoms with Gasteiger partial charge < -0.3 is 5.11 Å². The van der Waals surface area contributed by atoms with Crippen molar-refractivity contribution >= 4 is 9.84 Å². The number of nitrogens with zero attached hydrogens (tertiary/aromatic N) is 2. The van der Waals surface area contributed by atoms with Gasteiger partial charge in [-0.15, -0.1) is 0 Å². The lowest BCUT2D eigenvalue weighted by atomic mass is 10.1. The summed E-state index contributed by atoms with van der Waals surface area (Å²) in [4.78, 5) is 0. The van der Waals surface area contributed by atoms with Gasteiger partial charge in [-0.1, -0.05) is 12.1 Å². The molecule has 0 aromatic heterocycles. The number of aliphatic hydroxyl groups is 1. The van der Waals surface area contributed by atoms with E-state index in [9.17, 15) is 17.9 Å². The van der Waals surface area contributed by atoms with E-state index >= 15 is 0 Å². The van der Waals surface area contributed by atoms with Crippen molar-refractivity contribution in [1.82, 2.24) is 10.0 Å². The minimum atomic E-state index is -3.22. The molecule has 7 heteroatoms. The molecule has 1 aliphatic heterocycles. The van der Waals surface area contributed by atoms with Crippen molar-refractivity contribution in [1.29, 1.82) is 0 Å². The van der Waals surface area contributed by atoms with E-state index in [1.54, 1.807) is 36.2 Å². The number of rotatable bonds is 4. The van der Waals surface area contributed by atoms with Crippen LogP contribution in [0.1, 0.15) is 5.56 Å². The Morgan fingerprint density at radius 3 is 2.55 bits per heavy atom. The van der Waals surface area contributed by atoms with Gasteiger partial charge in [0, 0.05) is 20.6 Å². The second-order valence-corrected chi connectivity index (χ2v) is 7.44. The maximum atomic E-state index is 13.2. The third-order valence-electron chi connectivity index (χ3n) is 3.42. The second kappa shape index (κ2) is 5.77. The molecule has 1 aliphatic rings. The number of benzene rings is 1. The van der Waals surface area contributed by atoms with Crippen molar-refractivity contribution in [2.75, 3.05) is 25.6 Å². The highest BCUT2D eigenvalue weighted by molar-refractivity contribution is 7.91. The molecule has 1 saturated heterocycles. The summed E-state index contributed by atoms with van der Waals surface area (Å²) in [5.41, 5.74) is 0.732. The van der Waals surface area contributed by atoms with E-state index in [1.807, 2.05) is 0 Å². The van der Waals surface area contributed by atoms with Crippen LogP contribution < -0.4 is 0 Å². The van der Waals surface area contributed by atoms with Crippen LogP contribution in [0.15, 0.2) is 24.3 Å². The van der Waals surface area contributed by atoms with Crippen LogP contribution in [-0.4, -0.2) is 61.3 Å². The molecule has 0 bridgehead atoms. The quantitative estimate of drug-likeness (QED) is 0.809. The summed E-state index contributed by atoms with van der Waals surface area (Å²) in [6, 6.07) is 5.65. The summed E-state index contributed by atoms with van der Waals surface area (Å²) >= 11 is 0. The van der Waals surface area contributed by atoms with E-state index in [2.05, 4.69) is 0 Å². The molecule has 20 heavy (non-hydrogen) atoms. The van der Waals surface area contributed by atoms with Crippen molar-refractivity contribution in [2.45, 2.75) is 18.7 Å². The topological polar surface area (TPSA) is 60.9 Å². The van der Waals surface area contributed by atoms with Crippen LogP contribution in [0, 0.1) is 5.82 Å². The van der Waals surface area contributed by atoms with E-state index < -0.39 is 22.0 Å². The predicted molar refractivity (Wildman–Crippen MR) is 74.1 cm³/mol. The molecule has 5 nitrogen and oxygen atoms in total. The van der Waals surface area contributed by atoms with Crippen LogP contribution in [0.2, 0.25) is 0 Å². The molecule has 0 spiro atoms. The first kappa shape index (κ1) is 15.4. The molecule has 112 valence electrons. The van der Waals surface area contributed by atoms with Gasteiger partial charge in [-0.05, 0) is 17.7 Å². The van der Waals surface area contributed by atoms with E-state index in [0.717, 1.165) is 5.56 Å². The van der Waals surface area contributed by atoms with E-state index in [-0.39, 0.29) is 17.3 Å². The normalized spacial score (nSPS) is 25.5. The minimum Gasteiger partial charge on any atom is -0.390 e. The fourth-order valence-corrected chi connectivity index (χ4v) is 4.27. The molecule has 0 radical (unpaired) electrons. The Kier molecular flexibility index (Phi) is 4.43. The van der Waals surface area contributed by atoms with Crippen molar-refractivity contribution in [3.8, 4) is 0 Å². The van der Waals surface area contributed by atoms with Crippen LogP contribution in [0.4, 0.5) is 4.39 Å². The van der Waals surface area contributed by atoms with Crippen LogP contribution in [0.25, 0.3) is 0 Å². The largest absolute Gasteiger partial charge is 0.390 e. The molecule has 2 atom stereocenters. The van der Waals surface area contributed by atoms with Gasteiger partial charge >= 0.3 is 0 Å². The SMILES string of the molecule is CN(C)N(Cc1cccc(F)c1)[C@@H]1CS(=O)(=O)C[C@H]1O. The van der Waals surface area contributed by atoms with E-state index in [0.29, 0.717) is 6.54 Å². The van der Waals surface area contributed by atoms with Gasteiger partial charge in [0.1, 0.15) is 5.82 Å². The maximum Gasteiger partial charge on any atom is 0.154 e. The Morgan fingerprint density at radius 1 is 1.35 bits per heavy atom. The molecule has 2 rings (SSSR count).